The fourth-order valence-electron chi connectivity index (χ4n) is 3.13. The zero-order valence-electron chi connectivity index (χ0n) is 14.3. The van der Waals surface area contributed by atoms with Crippen LogP contribution in [0.4, 0.5) is 0 Å². The molecule has 1 aromatic carbocycles. The normalized spacial score (nSPS) is 13.5. The van der Waals surface area contributed by atoms with Crippen molar-refractivity contribution in [3.63, 3.8) is 0 Å². The summed E-state index contributed by atoms with van der Waals surface area (Å²) in [6.07, 6.45) is 6.71. The van der Waals surface area contributed by atoms with E-state index in [0.29, 0.717) is 5.69 Å². The van der Waals surface area contributed by atoms with Gasteiger partial charge in [-0.1, -0.05) is 24.3 Å². The Morgan fingerprint density at radius 3 is 3.00 bits per heavy atom. The number of allylic oxidation sites excluding steroid dienone is 1. The summed E-state index contributed by atoms with van der Waals surface area (Å²) in [7, 11) is 0. The number of hydrogen-bond acceptors (Lipinski definition) is 4. The average molecular weight is 346 g/mol. The Balaban J connectivity index is 1.49. The number of furan rings is 1. The topological polar surface area (TPSA) is 83.3 Å². The molecule has 2 aromatic heterocycles. The SMILES string of the molecule is CC(/C=N\NC(=O)c1[nH]nc2c1CCc1ccccc1-2)=C\c1ccco1. The number of hydrazone groups is 1. The number of amides is 1. The molecule has 0 saturated carbocycles. The number of aromatic amines is 1. The summed E-state index contributed by atoms with van der Waals surface area (Å²) < 4.78 is 5.24. The van der Waals surface area contributed by atoms with Crippen LogP contribution < -0.4 is 5.43 Å². The van der Waals surface area contributed by atoms with Gasteiger partial charge in [0.25, 0.3) is 5.91 Å². The highest BCUT2D eigenvalue weighted by Gasteiger charge is 2.24. The molecule has 2 N–H and O–H groups in total. The molecule has 3 aromatic rings. The van der Waals surface area contributed by atoms with Gasteiger partial charge in [0, 0.05) is 11.1 Å². The predicted octanol–water partition coefficient (Wildman–Crippen LogP) is 3.59. The Labute approximate surface area is 150 Å². The maximum atomic E-state index is 12.5. The summed E-state index contributed by atoms with van der Waals surface area (Å²) in [4.78, 5) is 12.5. The molecular weight excluding hydrogens is 328 g/mol. The molecule has 26 heavy (non-hydrogen) atoms. The van der Waals surface area contributed by atoms with Gasteiger partial charge in [-0.05, 0) is 49.1 Å². The van der Waals surface area contributed by atoms with Gasteiger partial charge in [-0.3, -0.25) is 9.89 Å². The Hall–Kier alpha value is -3.41. The third-order valence-corrected chi connectivity index (χ3v) is 4.36. The lowest BCUT2D eigenvalue weighted by atomic mass is 9.89. The van der Waals surface area contributed by atoms with E-state index in [0.717, 1.165) is 41.0 Å². The van der Waals surface area contributed by atoms with Crippen LogP contribution >= 0.6 is 0 Å². The van der Waals surface area contributed by atoms with Crippen molar-refractivity contribution < 1.29 is 9.21 Å². The first-order valence-electron chi connectivity index (χ1n) is 8.43. The first-order chi connectivity index (χ1) is 12.7. The van der Waals surface area contributed by atoms with Gasteiger partial charge in [0.05, 0.1) is 18.2 Å². The van der Waals surface area contributed by atoms with E-state index in [9.17, 15) is 4.79 Å². The molecule has 0 spiro atoms. The van der Waals surface area contributed by atoms with Gasteiger partial charge in [0.1, 0.15) is 11.5 Å². The van der Waals surface area contributed by atoms with Crippen molar-refractivity contribution in [3.05, 3.63) is 70.8 Å². The molecular formula is C20H18N4O2. The molecule has 2 heterocycles. The number of carbonyl (C=O) groups excluding carboxylic acids is 1. The van der Waals surface area contributed by atoms with Crippen LogP contribution in [-0.2, 0) is 12.8 Å². The minimum atomic E-state index is -0.292. The first-order valence-corrected chi connectivity index (χ1v) is 8.43. The molecule has 0 atom stereocenters. The van der Waals surface area contributed by atoms with E-state index in [-0.39, 0.29) is 5.91 Å². The predicted molar refractivity (Wildman–Crippen MR) is 99.7 cm³/mol. The molecule has 6 heteroatoms. The number of aryl methyl sites for hydroxylation is 1. The zero-order valence-corrected chi connectivity index (χ0v) is 14.3. The van der Waals surface area contributed by atoms with Crippen molar-refractivity contribution in [3.8, 4) is 11.3 Å². The minimum absolute atomic E-state index is 0.292. The fraction of sp³-hybridized carbons (Fsp3) is 0.150. The summed E-state index contributed by atoms with van der Waals surface area (Å²) >= 11 is 0. The van der Waals surface area contributed by atoms with Crippen LogP contribution in [0.2, 0.25) is 0 Å². The molecule has 130 valence electrons. The van der Waals surface area contributed by atoms with Gasteiger partial charge >= 0.3 is 0 Å². The van der Waals surface area contributed by atoms with Crippen molar-refractivity contribution in [2.24, 2.45) is 5.10 Å². The molecule has 0 bridgehead atoms. The molecule has 0 fully saturated rings. The number of carbonyl (C=O) groups is 1. The molecule has 0 unspecified atom stereocenters. The Bertz CT molecular complexity index is 997. The summed E-state index contributed by atoms with van der Waals surface area (Å²) in [6, 6.07) is 11.8. The van der Waals surface area contributed by atoms with E-state index in [1.807, 2.05) is 43.3 Å². The number of nitrogens with zero attached hydrogens (tertiary/aromatic N) is 2. The van der Waals surface area contributed by atoms with Crippen LogP contribution in [0.15, 0.2) is 57.8 Å². The second kappa shape index (κ2) is 6.84. The monoisotopic (exact) mass is 346 g/mol. The van der Waals surface area contributed by atoms with Crippen molar-refractivity contribution in [2.45, 2.75) is 19.8 Å². The minimum Gasteiger partial charge on any atom is -0.465 e. The number of benzene rings is 1. The van der Waals surface area contributed by atoms with Gasteiger partial charge < -0.3 is 4.42 Å². The molecule has 1 amide bonds. The summed E-state index contributed by atoms with van der Waals surface area (Å²) in [5.74, 6) is 0.446. The van der Waals surface area contributed by atoms with Gasteiger partial charge in [-0.25, -0.2) is 5.43 Å². The third kappa shape index (κ3) is 3.09. The Morgan fingerprint density at radius 1 is 1.27 bits per heavy atom. The smallest absolute Gasteiger partial charge is 0.289 e. The number of nitrogens with one attached hydrogen (secondary N) is 2. The number of H-pyrrole nitrogens is 1. The van der Waals surface area contributed by atoms with Gasteiger partial charge in [-0.2, -0.15) is 10.2 Å². The second-order valence-electron chi connectivity index (χ2n) is 6.19. The van der Waals surface area contributed by atoms with E-state index in [2.05, 4.69) is 26.8 Å². The molecule has 4 rings (SSSR count). The van der Waals surface area contributed by atoms with Crippen LogP contribution in [-0.4, -0.2) is 22.3 Å². The van der Waals surface area contributed by atoms with E-state index < -0.39 is 0 Å². The number of hydrogen-bond donors (Lipinski definition) is 2. The van der Waals surface area contributed by atoms with Crippen molar-refractivity contribution in [1.29, 1.82) is 0 Å². The van der Waals surface area contributed by atoms with Crippen molar-refractivity contribution >= 4 is 18.2 Å². The van der Waals surface area contributed by atoms with Crippen molar-refractivity contribution in [1.82, 2.24) is 15.6 Å². The molecule has 6 nitrogen and oxygen atoms in total. The largest absolute Gasteiger partial charge is 0.465 e. The summed E-state index contributed by atoms with van der Waals surface area (Å²) in [6.45, 7) is 1.88. The standard InChI is InChI=1S/C20H18N4O2/c1-13(11-15-6-4-10-26-15)12-21-24-20(25)19-17-9-8-14-5-2-3-7-16(14)18(17)22-23-19/h2-7,10-12H,8-9H2,1H3,(H,22,23)(H,24,25)/b13-11+,21-12-. The maximum absolute atomic E-state index is 12.5. The molecule has 0 aliphatic heterocycles. The van der Waals surface area contributed by atoms with Crippen LogP contribution in [0, 0.1) is 0 Å². The first kappa shape index (κ1) is 16.1. The molecule has 1 aliphatic rings. The Morgan fingerprint density at radius 2 is 2.15 bits per heavy atom. The van der Waals surface area contributed by atoms with E-state index in [1.54, 1.807) is 12.5 Å². The summed E-state index contributed by atoms with van der Waals surface area (Å²) in [5, 5.41) is 11.2. The highest BCUT2D eigenvalue weighted by molar-refractivity contribution is 5.96. The van der Waals surface area contributed by atoms with Gasteiger partial charge in [-0.15, -0.1) is 0 Å². The highest BCUT2D eigenvalue weighted by Crippen LogP contribution is 2.33. The van der Waals surface area contributed by atoms with Gasteiger partial charge in [0.15, 0.2) is 0 Å². The van der Waals surface area contributed by atoms with Gasteiger partial charge in [0.2, 0.25) is 0 Å². The zero-order chi connectivity index (χ0) is 17.9. The highest BCUT2D eigenvalue weighted by atomic mass is 16.3. The lowest BCUT2D eigenvalue weighted by Gasteiger charge is -2.15. The van der Waals surface area contributed by atoms with Crippen LogP contribution in [0.25, 0.3) is 17.3 Å². The summed E-state index contributed by atoms with van der Waals surface area (Å²) in [5.41, 5.74) is 8.04. The second-order valence-corrected chi connectivity index (χ2v) is 6.19. The number of aromatic nitrogens is 2. The van der Waals surface area contributed by atoms with Crippen molar-refractivity contribution in [2.75, 3.05) is 0 Å². The quantitative estimate of drug-likeness (QED) is 0.559. The lowest BCUT2D eigenvalue weighted by molar-refractivity contribution is 0.0949. The molecule has 0 saturated heterocycles. The fourth-order valence-corrected chi connectivity index (χ4v) is 3.13. The third-order valence-electron chi connectivity index (χ3n) is 4.36. The van der Waals surface area contributed by atoms with E-state index >= 15 is 0 Å². The Kier molecular flexibility index (Phi) is 4.23. The van der Waals surface area contributed by atoms with Crippen LogP contribution in [0.1, 0.15) is 34.3 Å². The molecule has 1 aliphatic carbocycles. The van der Waals surface area contributed by atoms with E-state index in [4.69, 9.17) is 4.42 Å². The average Bonchev–Trinajstić information content (AvgIpc) is 3.31. The lowest BCUT2D eigenvalue weighted by Crippen LogP contribution is -2.20. The van der Waals surface area contributed by atoms with Crippen LogP contribution in [0.5, 0.6) is 0 Å². The van der Waals surface area contributed by atoms with Crippen LogP contribution in [0.3, 0.4) is 0 Å². The number of rotatable bonds is 4. The number of fused-ring (bicyclic) bond motifs is 3. The maximum Gasteiger partial charge on any atom is 0.289 e. The molecule has 0 radical (unpaired) electrons. The van der Waals surface area contributed by atoms with E-state index in [1.165, 1.54) is 5.56 Å².